The monoisotopic (exact) mass is 631 g/mol. The maximum atomic E-state index is 2.46. The normalized spacial score (nSPS) is 12.7. The molecule has 0 unspecified atom stereocenters. The van der Waals surface area contributed by atoms with Crippen LogP contribution in [0, 0.1) is 0 Å². The Morgan fingerprint density at radius 3 is 1.41 bits per heavy atom. The van der Waals surface area contributed by atoms with Crippen LogP contribution in [0.4, 0.5) is 0 Å². The van der Waals surface area contributed by atoms with Crippen LogP contribution in [0.25, 0.3) is 81.7 Å². The van der Waals surface area contributed by atoms with Crippen molar-refractivity contribution in [2.24, 2.45) is 0 Å². The van der Waals surface area contributed by atoms with Gasteiger partial charge in [-0.25, -0.2) is 0 Å². The lowest BCUT2D eigenvalue weighted by Gasteiger charge is -2.19. The maximum absolute atomic E-state index is 2.46. The van der Waals surface area contributed by atoms with Gasteiger partial charge in [0.25, 0.3) is 0 Å². The molecule has 238 valence electrons. The zero-order valence-corrected chi connectivity index (χ0v) is 29.2. The quantitative estimate of drug-likeness (QED) is 0.132. The van der Waals surface area contributed by atoms with Gasteiger partial charge < -0.3 is 4.57 Å². The number of fused-ring (bicyclic) bond motifs is 10. The summed E-state index contributed by atoms with van der Waals surface area (Å²) in [4.78, 5) is 0. The Morgan fingerprint density at radius 1 is 0.388 bits per heavy atom. The minimum atomic E-state index is 0.0721. The van der Waals surface area contributed by atoms with Gasteiger partial charge in [0.2, 0.25) is 0 Å². The van der Waals surface area contributed by atoms with Crippen LogP contribution in [0.2, 0.25) is 0 Å². The van der Waals surface area contributed by atoms with Gasteiger partial charge in [-0.1, -0.05) is 139 Å². The first-order valence-corrected chi connectivity index (χ1v) is 17.5. The van der Waals surface area contributed by atoms with Gasteiger partial charge >= 0.3 is 0 Å². The van der Waals surface area contributed by atoms with Gasteiger partial charge in [-0.05, 0) is 119 Å². The molecule has 0 amide bonds. The summed E-state index contributed by atoms with van der Waals surface area (Å²) in [6.45, 7) is 13.8. The Kier molecular flexibility index (Phi) is 6.40. The largest absolute Gasteiger partial charge is 0.309 e. The number of nitrogens with zero attached hydrogens (tertiary/aromatic N) is 1. The van der Waals surface area contributed by atoms with E-state index in [0.29, 0.717) is 0 Å². The third kappa shape index (κ3) is 4.60. The Morgan fingerprint density at radius 2 is 0.857 bits per heavy atom. The average Bonchev–Trinajstić information content (AvgIpc) is 3.43. The van der Waals surface area contributed by atoms with E-state index in [2.05, 4.69) is 186 Å². The van der Waals surface area contributed by atoms with Crippen molar-refractivity contribution in [3.05, 3.63) is 151 Å². The predicted molar refractivity (Wildman–Crippen MR) is 214 cm³/mol. The van der Waals surface area contributed by atoms with Gasteiger partial charge in [0, 0.05) is 16.5 Å². The van der Waals surface area contributed by atoms with Crippen molar-refractivity contribution in [3.8, 4) is 16.8 Å². The maximum Gasteiger partial charge on any atom is 0.0541 e. The molecule has 0 N–H and O–H groups in total. The second kappa shape index (κ2) is 10.5. The summed E-state index contributed by atoms with van der Waals surface area (Å²) in [5.74, 6) is 0. The van der Waals surface area contributed by atoms with Crippen molar-refractivity contribution in [2.75, 3.05) is 0 Å². The van der Waals surface area contributed by atoms with Gasteiger partial charge in [-0.2, -0.15) is 0 Å². The van der Waals surface area contributed by atoms with E-state index in [0.717, 1.165) is 0 Å². The topological polar surface area (TPSA) is 4.93 Å². The SMILES string of the molecule is CC(C)(C)c1ccc2c(c1)c1cc(C(C)(C)C)ccc1n2-c1ccc(-c2c3ccccc3cc3c4ccccc4c4ccccc4c23)cc1. The van der Waals surface area contributed by atoms with Gasteiger partial charge in [0.05, 0.1) is 11.0 Å². The Bertz CT molecular complexity index is 2690. The third-order valence-electron chi connectivity index (χ3n) is 10.7. The molecule has 0 radical (unpaired) electrons. The lowest BCUT2D eigenvalue weighted by Crippen LogP contribution is -2.10. The van der Waals surface area contributed by atoms with Crippen LogP contribution in [0.15, 0.2) is 140 Å². The van der Waals surface area contributed by atoms with E-state index in [-0.39, 0.29) is 10.8 Å². The highest BCUT2D eigenvalue weighted by atomic mass is 15.0. The standard InChI is InChI=1S/C48H41N/c1-47(2,3)32-21-25-43-40(28-32)41-29-33(48(4,5)6)22-26-44(41)49(43)34-23-19-30(20-24-34)45-35-14-8-7-13-31(35)27-42-38-17-10-9-15-36(38)37-16-11-12-18-39(37)46(42)45/h7-29H,1-6H3. The molecule has 0 saturated carbocycles. The van der Waals surface area contributed by atoms with Crippen LogP contribution in [-0.2, 0) is 10.8 Å². The van der Waals surface area contributed by atoms with Crippen molar-refractivity contribution < 1.29 is 0 Å². The summed E-state index contributed by atoms with van der Waals surface area (Å²) in [6, 6.07) is 52.5. The summed E-state index contributed by atoms with van der Waals surface area (Å²) in [7, 11) is 0. The Balaban J connectivity index is 1.32. The highest BCUT2D eigenvalue weighted by Crippen LogP contribution is 2.45. The van der Waals surface area contributed by atoms with Gasteiger partial charge in [0.15, 0.2) is 0 Å². The molecule has 9 rings (SSSR count). The van der Waals surface area contributed by atoms with E-state index < -0.39 is 0 Å². The molecule has 49 heavy (non-hydrogen) atoms. The molecule has 8 aromatic carbocycles. The number of hydrogen-bond donors (Lipinski definition) is 0. The Hall–Kier alpha value is -5.40. The molecule has 0 bridgehead atoms. The predicted octanol–water partition coefficient (Wildman–Crippen LogP) is 13.7. The first kappa shape index (κ1) is 29.7. The Labute approximate surface area is 288 Å². The lowest BCUT2D eigenvalue weighted by molar-refractivity contribution is 0.590. The average molecular weight is 632 g/mol. The van der Waals surface area contributed by atoms with Crippen LogP contribution >= 0.6 is 0 Å². The van der Waals surface area contributed by atoms with Gasteiger partial charge in [0.1, 0.15) is 0 Å². The minimum absolute atomic E-state index is 0.0721. The van der Waals surface area contributed by atoms with E-state index in [9.17, 15) is 0 Å². The molecule has 0 aliphatic rings. The minimum Gasteiger partial charge on any atom is -0.309 e. The first-order chi connectivity index (χ1) is 23.6. The molecule has 0 spiro atoms. The first-order valence-electron chi connectivity index (χ1n) is 17.5. The fraction of sp³-hybridized carbons (Fsp3) is 0.167. The highest BCUT2D eigenvalue weighted by molar-refractivity contribution is 6.32. The van der Waals surface area contributed by atoms with Crippen LogP contribution in [0.1, 0.15) is 52.7 Å². The number of hydrogen-bond acceptors (Lipinski definition) is 0. The molecule has 9 aromatic rings. The zero-order chi connectivity index (χ0) is 33.7. The molecule has 0 aliphatic carbocycles. The van der Waals surface area contributed by atoms with Gasteiger partial charge in [-0.3, -0.25) is 0 Å². The van der Waals surface area contributed by atoms with E-state index in [1.54, 1.807) is 0 Å². The lowest BCUT2D eigenvalue weighted by atomic mass is 9.85. The molecular weight excluding hydrogens is 591 g/mol. The van der Waals surface area contributed by atoms with Crippen molar-refractivity contribution in [1.82, 2.24) is 4.57 Å². The fourth-order valence-corrected chi connectivity index (χ4v) is 8.04. The highest BCUT2D eigenvalue weighted by Gasteiger charge is 2.21. The van der Waals surface area contributed by atoms with Crippen LogP contribution < -0.4 is 0 Å². The summed E-state index contributed by atoms with van der Waals surface area (Å²) >= 11 is 0. The molecule has 1 heterocycles. The molecule has 0 fully saturated rings. The number of benzene rings is 8. The van der Waals surface area contributed by atoms with Crippen molar-refractivity contribution in [1.29, 1.82) is 0 Å². The molecule has 1 heteroatoms. The van der Waals surface area contributed by atoms with Crippen molar-refractivity contribution >= 4 is 64.9 Å². The smallest absolute Gasteiger partial charge is 0.0541 e. The molecule has 1 nitrogen and oxygen atoms in total. The second-order valence-corrected chi connectivity index (χ2v) is 15.8. The fourth-order valence-electron chi connectivity index (χ4n) is 8.04. The third-order valence-corrected chi connectivity index (χ3v) is 10.7. The molecule has 0 aliphatic heterocycles. The summed E-state index contributed by atoms with van der Waals surface area (Å²) in [6.07, 6.45) is 0. The van der Waals surface area contributed by atoms with E-state index in [4.69, 9.17) is 0 Å². The molecule has 0 saturated heterocycles. The summed E-state index contributed by atoms with van der Waals surface area (Å²) in [5, 5.41) is 13.0. The van der Waals surface area contributed by atoms with Crippen LogP contribution in [0.5, 0.6) is 0 Å². The van der Waals surface area contributed by atoms with Crippen molar-refractivity contribution in [3.63, 3.8) is 0 Å². The second-order valence-electron chi connectivity index (χ2n) is 15.8. The van der Waals surface area contributed by atoms with Gasteiger partial charge in [-0.15, -0.1) is 0 Å². The zero-order valence-electron chi connectivity index (χ0n) is 29.2. The number of aromatic nitrogens is 1. The van der Waals surface area contributed by atoms with E-state index in [1.807, 2.05) is 0 Å². The summed E-state index contributed by atoms with van der Waals surface area (Å²) in [5.41, 5.74) is 9.06. The van der Waals surface area contributed by atoms with Crippen LogP contribution in [0.3, 0.4) is 0 Å². The summed E-state index contributed by atoms with van der Waals surface area (Å²) < 4.78 is 2.46. The number of rotatable bonds is 2. The van der Waals surface area contributed by atoms with Crippen LogP contribution in [-0.4, -0.2) is 4.57 Å². The van der Waals surface area contributed by atoms with E-state index >= 15 is 0 Å². The molecular formula is C48H41N. The van der Waals surface area contributed by atoms with E-state index in [1.165, 1.54) is 92.8 Å². The molecule has 1 aromatic heterocycles. The van der Waals surface area contributed by atoms with Crippen molar-refractivity contribution in [2.45, 2.75) is 52.4 Å². The molecule has 0 atom stereocenters.